The number of fused-ring (bicyclic) bond motifs is 1. The van der Waals surface area contributed by atoms with E-state index in [0.29, 0.717) is 0 Å². The number of para-hydroxylation sites is 1. The molecule has 1 aliphatic rings. The summed E-state index contributed by atoms with van der Waals surface area (Å²) in [6.45, 7) is 4.07. The van der Waals surface area contributed by atoms with Crippen molar-refractivity contribution in [3.8, 4) is 0 Å². The van der Waals surface area contributed by atoms with E-state index in [1.54, 1.807) is 4.90 Å². The third kappa shape index (κ3) is 1.78. The molecule has 19 heavy (non-hydrogen) atoms. The number of aromatic nitrogens is 1. The van der Waals surface area contributed by atoms with E-state index in [4.69, 9.17) is 0 Å². The Kier molecular flexibility index (Phi) is 2.56. The summed E-state index contributed by atoms with van der Waals surface area (Å²) >= 11 is 0. The molecule has 0 bridgehead atoms. The van der Waals surface area contributed by atoms with Crippen LogP contribution in [0.2, 0.25) is 0 Å². The summed E-state index contributed by atoms with van der Waals surface area (Å²) < 4.78 is 0. The Morgan fingerprint density at radius 3 is 2.63 bits per heavy atom. The number of nitrogens with zero attached hydrogens (tertiary/aromatic N) is 1. The van der Waals surface area contributed by atoms with Gasteiger partial charge in [-0.2, -0.15) is 0 Å². The zero-order valence-electron chi connectivity index (χ0n) is 11.3. The van der Waals surface area contributed by atoms with E-state index in [0.717, 1.165) is 33.8 Å². The van der Waals surface area contributed by atoms with Crippen LogP contribution in [0.1, 0.15) is 22.5 Å². The predicted octanol–water partition coefficient (Wildman–Crippen LogP) is 3.15. The fraction of sp³-hybridized carbons (Fsp3) is 0.188. The molecule has 0 fully saturated rings. The molecule has 0 unspecified atom stereocenters. The Morgan fingerprint density at radius 2 is 1.95 bits per heavy atom. The highest BCUT2D eigenvalue weighted by atomic mass is 16.2. The second-order valence-corrected chi connectivity index (χ2v) is 4.99. The summed E-state index contributed by atoms with van der Waals surface area (Å²) in [6.07, 6.45) is 1.95. The van der Waals surface area contributed by atoms with E-state index < -0.39 is 0 Å². The van der Waals surface area contributed by atoms with Gasteiger partial charge in [0.25, 0.3) is 5.91 Å². The van der Waals surface area contributed by atoms with E-state index in [1.165, 1.54) is 0 Å². The van der Waals surface area contributed by atoms with Crippen LogP contribution in [-0.4, -0.2) is 17.9 Å². The third-order valence-electron chi connectivity index (χ3n) is 3.57. The van der Waals surface area contributed by atoms with Gasteiger partial charge in [0.05, 0.1) is 11.3 Å². The Morgan fingerprint density at radius 1 is 1.21 bits per heavy atom. The van der Waals surface area contributed by atoms with E-state index in [1.807, 2.05) is 51.2 Å². The molecule has 96 valence electrons. The van der Waals surface area contributed by atoms with E-state index in [-0.39, 0.29) is 5.91 Å². The quantitative estimate of drug-likeness (QED) is 0.778. The molecule has 0 spiro atoms. The number of hydrogen-bond acceptors (Lipinski definition) is 1. The number of anilines is 1. The van der Waals surface area contributed by atoms with Crippen molar-refractivity contribution in [1.82, 2.24) is 4.98 Å². The van der Waals surface area contributed by atoms with Crippen molar-refractivity contribution >= 4 is 23.2 Å². The highest BCUT2D eigenvalue weighted by molar-refractivity contribution is 6.35. The number of likely N-dealkylation sites (N-methyl/N-ethyl adjacent to an activating group) is 1. The molecule has 0 aliphatic carbocycles. The van der Waals surface area contributed by atoms with Crippen molar-refractivity contribution in [2.24, 2.45) is 0 Å². The number of amides is 1. The summed E-state index contributed by atoms with van der Waals surface area (Å²) in [4.78, 5) is 17.3. The highest BCUT2D eigenvalue weighted by Gasteiger charge is 2.29. The van der Waals surface area contributed by atoms with Gasteiger partial charge in [-0.3, -0.25) is 4.79 Å². The topological polar surface area (TPSA) is 36.1 Å². The summed E-state index contributed by atoms with van der Waals surface area (Å²) in [5, 5.41) is 0. The van der Waals surface area contributed by atoms with Crippen LogP contribution in [0, 0.1) is 13.8 Å². The molecule has 0 saturated carbocycles. The predicted molar refractivity (Wildman–Crippen MR) is 78.0 cm³/mol. The lowest BCUT2D eigenvalue weighted by Gasteiger charge is -2.07. The molecule has 3 nitrogen and oxygen atoms in total. The minimum absolute atomic E-state index is 0.0489. The zero-order valence-corrected chi connectivity index (χ0v) is 11.3. The van der Waals surface area contributed by atoms with Crippen LogP contribution in [0.4, 0.5) is 5.69 Å². The summed E-state index contributed by atoms with van der Waals surface area (Å²) in [5.74, 6) is 0.0489. The number of carbonyl (C=O) groups is 1. The monoisotopic (exact) mass is 252 g/mol. The first-order valence-electron chi connectivity index (χ1n) is 6.33. The molecular formula is C16H16N2O. The number of hydrogen-bond donors (Lipinski definition) is 1. The van der Waals surface area contributed by atoms with E-state index >= 15 is 0 Å². The SMILES string of the molecule is Cc1cc(C)c(/C=C2\C(=O)N(C)c3ccccc32)[nH]1. The molecule has 1 aromatic carbocycles. The smallest absolute Gasteiger partial charge is 0.258 e. The Bertz CT molecular complexity index is 695. The number of benzene rings is 1. The fourth-order valence-corrected chi connectivity index (χ4v) is 2.58. The second kappa shape index (κ2) is 4.12. The number of nitrogens with one attached hydrogen (secondary N) is 1. The molecule has 2 heterocycles. The molecule has 2 aromatic rings. The molecule has 0 saturated heterocycles. The minimum Gasteiger partial charge on any atom is -0.359 e. The summed E-state index contributed by atoms with van der Waals surface area (Å²) in [7, 11) is 1.81. The Hall–Kier alpha value is -2.29. The van der Waals surface area contributed by atoms with Crippen molar-refractivity contribution in [1.29, 1.82) is 0 Å². The Labute approximate surface area is 112 Å². The number of rotatable bonds is 1. The summed E-state index contributed by atoms with van der Waals surface area (Å²) in [5.41, 5.74) is 6.00. The van der Waals surface area contributed by atoms with Crippen molar-refractivity contribution in [2.75, 3.05) is 11.9 Å². The lowest BCUT2D eigenvalue weighted by molar-refractivity contribution is -0.112. The largest absolute Gasteiger partial charge is 0.359 e. The van der Waals surface area contributed by atoms with Crippen molar-refractivity contribution in [3.63, 3.8) is 0 Å². The van der Waals surface area contributed by atoms with E-state index in [9.17, 15) is 4.79 Å². The molecule has 0 radical (unpaired) electrons. The zero-order chi connectivity index (χ0) is 13.6. The average Bonchev–Trinajstić information content (AvgIpc) is 2.83. The molecule has 1 N–H and O–H groups in total. The first-order valence-corrected chi connectivity index (χ1v) is 6.33. The van der Waals surface area contributed by atoms with Gasteiger partial charge in [0, 0.05) is 24.0 Å². The van der Waals surface area contributed by atoms with E-state index in [2.05, 4.69) is 11.1 Å². The maximum atomic E-state index is 12.3. The maximum Gasteiger partial charge on any atom is 0.258 e. The van der Waals surface area contributed by atoms with Gasteiger partial charge >= 0.3 is 0 Å². The molecule has 0 atom stereocenters. The number of H-pyrrole nitrogens is 1. The fourth-order valence-electron chi connectivity index (χ4n) is 2.58. The van der Waals surface area contributed by atoms with Gasteiger partial charge in [-0.1, -0.05) is 18.2 Å². The minimum atomic E-state index is 0.0489. The van der Waals surface area contributed by atoms with Crippen LogP contribution in [0.15, 0.2) is 30.3 Å². The van der Waals surface area contributed by atoms with Gasteiger partial charge in [-0.25, -0.2) is 0 Å². The van der Waals surface area contributed by atoms with Gasteiger partial charge in [-0.05, 0) is 37.6 Å². The molecule has 1 aromatic heterocycles. The molecular weight excluding hydrogens is 236 g/mol. The molecule has 1 amide bonds. The van der Waals surface area contributed by atoms with Gasteiger partial charge in [0.1, 0.15) is 0 Å². The number of carbonyl (C=O) groups excluding carboxylic acids is 1. The van der Waals surface area contributed by atoms with Crippen LogP contribution in [0.3, 0.4) is 0 Å². The number of aryl methyl sites for hydroxylation is 2. The van der Waals surface area contributed by atoms with Crippen LogP contribution >= 0.6 is 0 Å². The van der Waals surface area contributed by atoms with Crippen molar-refractivity contribution in [3.05, 3.63) is 52.8 Å². The second-order valence-electron chi connectivity index (χ2n) is 4.99. The summed E-state index contributed by atoms with van der Waals surface area (Å²) in [6, 6.07) is 9.97. The Balaban J connectivity index is 2.16. The maximum absolute atomic E-state index is 12.3. The molecule has 1 aliphatic heterocycles. The van der Waals surface area contributed by atoms with Crippen LogP contribution in [-0.2, 0) is 4.79 Å². The highest BCUT2D eigenvalue weighted by Crippen LogP contribution is 2.36. The van der Waals surface area contributed by atoms with Gasteiger partial charge in [0.2, 0.25) is 0 Å². The van der Waals surface area contributed by atoms with Crippen LogP contribution < -0.4 is 4.90 Å². The van der Waals surface area contributed by atoms with Crippen molar-refractivity contribution < 1.29 is 4.79 Å². The third-order valence-corrected chi connectivity index (χ3v) is 3.57. The number of aromatic amines is 1. The molecule has 3 heteroatoms. The lowest BCUT2D eigenvalue weighted by atomic mass is 10.1. The van der Waals surface area contributed by atoms with Crippen molar-refractivity contribution in [2.45, 2.75) is 13.8 Å². The van der Waals surface area contributed by atoms with Gasteiger partial charge in [-0.15, -0.1) is 0 Å². The first kappa shape index (κ1) is 11.8. The van der Waals surface area contributed by atoms with Crippen LogP contribution in [0.5, 0.6) is 0 Å². The molecule has 3 rings (SSSR count). The van der Waals surface area contributed by atoms with Gasteiger partial charge in [0.15, 0.2) is 0 Å². The standard InChI is InChI=1S/C16H16N2O/c1-10-8-11(2)17-14(10)9-13-12-6-4-5-7-15(12)18(3)16(13)19/h4-9,17H,1-3H3/b13-9-. The average molecular weight is 252 g/mol. The van der Waals surface area contributed by atoms with Gasteiger partial charge < -0.3 is 9.88 Å². The van der Waals surface area contributed by atoms with Crippen LogP contribution in [0.25, 0.3) is 11.6 Å². The lowest BCUT2D eigenvalue weighted by Crippen LogP contribution is -2.20. The normalized spacial score (nSPS) is 16.3. The first-order chi connectivity index (χ1) is 9.08.